The molecule has 3 aromatic rings. The minimum absolute atomic E-state index is 0.264. The molecule has 0 radical (unpaired) electrons. The number of carbonyl (C=O) groups is 1. The molecule has 6 nitrogen and oxygen atoms in total. The highest BCUT2D eigenvalue weighted by Gasteiger charge is 2.32. The third-order valence-corrected chi connectivity index (χ3v) is 5.95. The number of hydrogen-bond donors (Lipinski definition) is 2. The Morgan fingerprint density at radius 1 is 1.14 bits per heavy atom. The van der Waals surface area contributed by atoms with E-state index < -0.39 is 11.7 Å². The van der Waals surface area contributed by atoms with Crippen LogP contribution < -0.4 is 10.6 Å². The molecule has 4 rings (SSSR count). The molecule has 1 aromatic carbocycles. The van der Waals surface area contributed by atoms with E-state index in [9.17, 15) is 18.0 Å². The second kappa shape index (κ2) is 13.8. The molecule has 1 fully saturated rings. The maximum atomic E-state index is 12.0. The number of likely N-dealkylation sites (N-methyl/N-ethyl adjacent to an activating group) is 1. The standard InChI is InChI=1S/C10H7Cl2N3O.C7H4ClF3.C6H14N2/c1-15-10(9(12)4-14-15)7-3-13-6(5-16)2-8(7)11;8-6-4-2-1-3-5(6)7(9,10)11;1-7-6-3-2-4-8-5-6/h2-5H,1H3;1-4H;6-8H,2-5H2,1H3. The first-order valence-corrected chi connectivity index (χ1v) is 11.7. The lowest BCUT2D eigenvalue weighted by Crippen LogP contribution is -2.41. The average Bonchev–Trinajstić information content (AvgIpc) is 3.17. The Balaban J connectivity index is 0.000000198. The Hall–Kier alpha value is -2.17. The molecular formula is C23H25Cl3F3N5O. The van der Waals surface area contributed by atoms with E-state index >= 15 is 0 Å². The molecule has 0 aliphatic carbocycles. The van der Waals surface area contributed by atoms with Crippen LogP contribution in [0.25, 0.3) is 11.3 Å². The minimum atomic E-state index is -4.35. The summed E-state index contributed by atoms with van der Waals surface area (Å²) in [6.07, 6.45) is 1.99. The molecule has 35 heavy (non-hydrogen) atoms. The topological polar surface area (TPSA) is 71.8 Å². The molecule has 0 spiro atoms. The van der Waals surface area contributed by atoms with Crippen LogP contribution >= 0.6 is 34.8 Å². The first-order valence-electron chi connectivity index (χ1n) is 10.6. The van der Waals surface area contributed by atoms with Gasteiger partial charge in [-0.2, -0.15) is 18.3 Å². The maximum absolute atomic E-state index is 12.0. The minimum Gasteiger partial charge on any atom is -0.316 e. The Morgan fingerprint density at radius 2 is 1.86 bits per heavy atom. The zero-order valence-electron chi connectivity index (χ0n) is 19.0. The molecule has 0 saturated carbocycles. The van der Waals surface area contributed by atoms with Gasteiger partial charge >= 0.3 is 6.18 Å². The van der Waals surface area contributed by atoms with Gasteiger partial charge in [0.15, 0.2) is 6.29 Å². The number of carbonyl (C=O) groups excluding carboxylic acids is 1. The molecule has 3 heterocycles. The smallest absolute Gasteiger partial charge is 0.316 e. The third-order valence-electron chi connectivity index (χ3n) is 5.03. The molecule has 0 bridgehead atoms. The van der Waals surface area contributed by atoms with Crippen molar-refractivity contribution in [2.24, 2.45) is 7.05 Å². The lowest BCUT2D eigenvalue weighted by atomic mass is 10.1. The zero-order valence-corrected chi connectivity index (χ0v) is 21.3. The molecule has 0 amide bonds. The summed E-state index contributed by atoms with van der Waals surface area (Å²) in [6.45, 7) is 2.36. The summed E-state index contributed by atoms with van der Waals surface area (Å²) < 4.78 is 37.5. The van der Waals surface area contributed by atoms with Crippen LogP contribution in [0.5, 0.6) is 0 Å². The maximum Gasteiger partial charge on any atom is 0.417 e. The summed E-state index contributed by atoms with van der Waals surface area (Å²) in [6, 6.07) is 7.13. The second-order valence-electron chi connectivity index (χ2n) is 7.48. The number of piperidine rings is 1. The third kappa shape index (κ3) is 8.77. The number of alkyl halides is 3. The number of rotatable bonds is 3. The van der Waals surface area contributed by atoms with Crippen LogP contribution in [-0.2, 0) is 13.2 Å². The number of nitrogens with zero attached hydrogens (tertiary/aromatic N) is 3. The van der Waals surface area contributed by atoms with E-state index in [1.165, 1.54) is 56.0 Å². The average molecular weight is 551 g/mol. The number of aldehydes is 1. The number of aromatic nitrogens is 3. The fourth-order valence-corrected chi connectivity index (χ4v) is 3.95. The van der Waals surface area contributed by atoms with E-state index in [0.29, 0.717) is 27.6 Å². The van der Waals surface area contributed by atoms with E-state index in [2.05, 4.69) is 20.7 Å². The first-order chi connectivity index (χ1) is 16.6. The Bertz CT molecular complexity index is 1080. The monoisotopic (exact) mass is 549 g/mol. The molecule has 2 aromatic heterocycles. The van der Waals surface area contributed by atoms with Gasteiger partial charge in [0.2, 0.25) is 0 Å². The van der Waals surface area contributed by atoms with Crippen molar-refractivity contribution in [1.29, 1.82) is 0 Å². The molecule has 1 aliphatic rings. The van der Waals surface area contributed by atoms with E-state index in [1.54, 1.807) is 11.7 Å². The van der Waals surface area contributed by atoms with Crippen LogP contribution in [0.2, 0.25) is 15.1 Å². The van der Waals surface area contributed by atoms with Gasteiger partial charge in [0.25, 0.3) is 0 Å². The zero-order chi connectivity index (χ0) is 26.0. The number of benzene rings is 1. The summed E-state index contributed by atoms with van der Waals surface area (Å²) in [5.41, 5.74) is 0.822. The number of hydrogen-bond acceptors (Lipinski definition) is 5. The van der Waals surface area contributed by atoms with Gasteiger partial charge < -0.3 is 10.6 Å². The lowest BCUT2D eigenvalue weighted by Gasteiger charge is -2.21. The normalized spacial score (nSPS) is 15.4. The van der Waals surface area contributed by atoms with Crippen LogP contribution in [0.15, 0.2) is 42.7 Å². The lowest BCUT2D eigenvalue weighted by molar-refractivity contribution is -0.137. The number of halogens is 6. The van der Waals surface area contributed by atoms with Gasteiger partial charge in [0.1, 0.15) is 5.69 Å². The van der Waals surface area contributed by atoms with E-state index in [4.69, 9.17) is 34.8 Å². The van der Waals surface area contributed by atoms with Crippen molar-refractivity contribution in [3.63, 3.8) is 0 Å². The predicted octanol–water partition coefficient (Wildman–Crippen LogP) is 5.92. The van der Waals surface area contributed by atoms with Gasteiger partial charge in [-0.05, 0) is 44.6 Å². The summed E-state index contributed by atoms with van der Waals surface area (Å²) >= 11 is 17.3. The predicted molar refractivity (Wildman–Crippen MR) is 133 cm³/mol. The molecular weight excluding hydrogens is 526 g/mol. The summed E-state index contributed by atoms with van der Waals surface area (Å²) in [5, 5.41) is 11.2. The Morgan fingerprint density at radius 3 is 2.29 bits per heavy atom. The van der Waals surface area contributed by atoms with Gasteiger partial charge in [0, 0.05) is 31.4 Å². The fraction of sp³-hybridized carbons (Fsp3) is 0.348. The molecule has 1 unspecified atom stereocenters. The van der Waals surface area contributed by atoms with Crippen molar-refractivity contribution in [3.8, 4) is 11.3 Å². The molecule has 12 heteroatoms. The number of aryl methyl sites for hydroxylation is 1. The molecule has 190 valence electrons. The molecule has 2 N–H and O–H groups in total. The van der Waals surface area contributed by atoms with Gasteiger partial charge in [-0.1, -0.05) is 46.9 Å². The van der Waals surface area contributed by atoms with Crippen molar-refractivity contribution < 1.29 is 18.0 Å². The quantitative estimate of drug-likeness (QED) is 0.396. The summed E-state index contributed by atoms with van der Waals surface area (Å²) in [7, 11) is 3.78. The van der Waals surface area contributed by atoms with Crippen LogP contribution in [-0.4, -0.2) is 47.2 Å². The Kier molecular flexibility index (Phi) is 11.5. The van der Waals surface area contributed by atoms with Gasteiger partial charge in [0.05, 0.1) is 32.5 Å². The van der Waals surface area contributed by atoms with Gasteiger partial charge in [-0.3, -0.25) is 14.5 Å². The summed E-state index contributed by atoms with van der Waals surface area (Å²) in [4.78, 5) is 14.5. The SMILES string of the molecule is CNC1CCCNC1.Cn1ncc(Cl)c1-c1cnc(C=O)cc1Cl.FC(F)(F)c1ccccc1Cl. The van der Waals surface area contributed by atoms with Crippen molar-refractivity contribution in [2.45, 2.75) is 25.1 Å². The van der Waals surface area contributed by atoms with Crippen molar-refractivity contribution in [2.75, 3.05) is 20.1 Å². The van der Waals surface area contributed by atoms with E-state index in [-0.39, 0.29) is 10.7 Å². The van der Waals surface area contributed by atoms with Crippen LogP contribution in [0.1, 0.15) is 28.9 Å². The van der Waals surface area contributed by atoms with Crippen molar-refractivity contribution >= 4 is 41.1 Å². The molecule has 1 atom stereocenters. The Labute approximate surface area is 216 Å². The van der Waals surface area contributed by atoms with Crippen LogP contribution in [0.3, 0.4) is 0 Å². The summed E-state index contributed by atoms with van der Waals surface area (Å²) in [5.74, 6) is 0. The van der Waals surface area contributed by atoms with Gasteiger partial charge in [-0.15, -0.1) is 0 Å². The van der Waals surface area contributed by atoms with Crippen LogP contribution in [0, 0.1) is 0 Å². The highest BCUT2D eigenvalue weighted by molar-refractivity contribution is 6.36. The number of nitrogens with one attached hydrogen (secondary N) is 2. The van der Waals surface area contributed by atoms with E-state index in [0.717, 1.165) is 18.7 Å². The second-order valence-corrected chi connectivity index (χ2v) is 8.70. The van der Waals surface area contributed by atoms with Crippen LogP contribution in [0.4, 0.5) is 13.2 Å². The number of pyridine rings is 1. The van der Waals surface area contributed by atoms with Crippen molar-refractivity contribution in [1.82, 2.24) is 25.4 Å². The highest BCUT2D eigenvalue weighted by atomic mass is 35.5. The van der Waals surface area contributed by atoms with E-state index in [1.807, 2.05) is 7.05 Å². The first kappa shape index (κ1) is 29.1. The largest absolute Gasteiger partial charge is 0.417 e. The van der Waals surface area contributed by atoms with Crippen molar-refractivity contribution in [3.05, 3.63) is 69.1 Å². The van der Waals surface area contributed by atoms with Gasteiger partial charge in [-0.25, -0.2) is 0 Å². The fourth-order valence-electron chi connectivity index (χ4n) is 3.19. The highest BCUT2D eigenvalue weighted by Crippen LogP contribution is 2.34. The molecule has 1 saturated heterocycles. The molecule has 1 aliphatic heterocycles.